The number of rotatable bonds is 0. The van der Waals surface area contributed by atoms with Crippen LogP contribution in [0.25, 0.3) is 0 Å². The van der Waals surface area contributed by atoms with Crippen LogP contribution in [-0.4, -0.2) is 24.8 Å². The first-order chi connectivity index (χ1) is 9.04. The number of ketones is 2. The number of carbonyl (C=O) groups excluding carboxylic acids is 2. The van der Waals surface area contributed by atoms with Crippen LogP contribution in [0, 0.1) is 22.7 Å². The number of carbonyl (C=O) groups is 2. The standard InChI is InChI=1S/C8Cl2N2O2.C4H8O/c9-5-6(10)8(14)4(2-12)3(1-11)7(5)13;1-2-4-5-3-1/h;1-4H2. The molecule has 0 aromatic rings. The smallest absolute Gasteiger partial charge is 0.218 e. The van der Waals surface area contributed by atoms with E-state index in [0.717, 1.165) is 13.2 Å². The summed E-state index contributed by atoms with van der Waals surface area (Å²) in [4.78, 5) is 22.4. The molecule has 0 radical (unpaired) electrons. The zero-order valence-electron chi connectivity index (χ0n) is 9.70. The number of hydrogen-bond acceptors (Lipinski definition) is 5. The number of Topliss-reactive ketones (excluding diaryl/α,β-unsaturated/α-hetero) is 2. The Morgan fingerprint density at radius 3 is 1.47 bits per heavy atom. The average molecular weight is 299 g/mol. The molecule has 0 bridgehead atoms. The fraction of sp³-hybridized carbons (Fsp3) is 0.333. The summed E-state index contributed by atoms with van der Waals surface area (Å²) in [5, 5.41) is 16.0. The third-order valence-corrected chi connectivity index (χ3v) is 3.16. The van der Waals surface area contributed by atoms with Crippen molar-refractivity contribution in [1.29, 1.82) is 10.5 Å². The molecule has 5 nitrogen and oxygen atoms in total. The van der Waals surface area contributed by atoms with E-state index in [9.17, 15) is 9.59 Å². The van der Waals surface area contributed by atoms with Gasteiger partial charge in [-0.05, 0) is 12.8 Å². The lowest BCUT2D eigenvalue weighted by atomic mass is 9.96. The minimum absolute atomic E-state index is 0.521. The molecule has 2 rings (SSSR count). The second-order valence-electron chi connectivity index (χ2n) is 3.58. The first-order valence-corrected chi connectivity index (χ1v) is 6.07. The fourth-order valence-electron chi connectivity index (χ4n) is 1.37. The second-order valence-corrected chi connectivity index (χ2v) is 4.34. The Bertz CT molecular complexity index is 509. The number of ether oxygens (including phenoxy) is 1. The van der Waals surface area contributed by atoms with E-state index in [0.29, 0.717) is 0 Å². The lowest BCUT2D eigenvalue weighted by Crippen LogP contribution is -2.18. The van der Waals surface area contributed by atoms with Gasteiger partial charge in [-0.3, -0.25) is 9.59 Å². The first kappa shape index (κ1) is 15.4. The molecule has 0 saturated carbocycles. The van der Waals surface area contributed by atoms with Crippen molar-refractivity contribution in [2.75, 3.05) is 13.2 Å². The zero-order chi connectivity index (χ0) is 14.4. The van der Waals surface area contributed by atoms with Crippen molar-refractivity contribution in [1.82, 2.24) is 0 Å². The predicted octanol–water partition coefficient (Wildman–Crippen LogP) is 1.97. The van der Waals surface area contributed by atoms with Crippen LogP contribution < -0.4 is 0 Å². The maximum Gasteiger partial charge on any atom is 0.218 e. The lowest BCUT2D eigenvalue weighted by Gasteiger charge is -2.08. The maximum absolute atomic E-state index is 11.2. The SMILES string of the molecule is C1CCOC1.N#CC1=C(C#N)C(=O)C(Cl)=C(Cl)C1=O. The summed E-state index contributed by atoms with van der Waals surface area (Å²) in [7, 11) is 0. The van der Waals surface area contributed by atoms with E-state index in [4.69, 9.17) is 38.5 Å². The summed E-state index contributed by atoms with van der Waals surface area (Å²) in [6.07, 6.45) is 2.56. The van der Waals surface area contributed by atoms with E-state index in [2.05, 4.69) is 0 Å². The highest BCUT2D eigenvalue weighted by molar-refractivity contribution is 6.59. The molecule has 1 fully saturated rings. The minimum Gasteiger partial charge on any atom is -0.381 e. The molecular formula is C12H8Cl2N2O3. The van der Waals surface area contributed by atoms with Gasteiger partial charge in [0.25, 0.3) is 0 Å². The molecule has 19 heavy (non-hydrogen) atoms. The molecule has 7 heteroatoms. The summed E-state index contributed by atoms with van der Waals surface area (Å²) >= 11 is 10.8. The van der Waals surface area contributed by atoms with Gasteiger partial charge in [0.2, 0.25) is 11.6 Å². The highest BCUT2D eigenvalue weighted by Crippen LogP contribution is 2.28. The number of allylic oxidation sites excluding steroid dienone is 4. The summed E-state index contributed by atoms with van der Waals surface area (Å²) < 4.78 is 4.94. The van der Waals surface area contributed by atoms with Gasteiger partial charge in [-0.15, -0.1) is 0 Å². The molecule has 0 spiro atoms. The molecule has 0 N–H and O–H groups in total. The van der Waals surface area contributed by atoms with Gasteiger partial charge in [0.05, 0.1) is 0 Å². The van der Waals surface area contributed by atoms with Gasteiger partial charge in [0, 0.05) is 13.2 Å². The van der Waals surface area contributed by atoms with Crippen LogP contribution in [0.4, 0.5) is 0 Å². The molecule has 1 aliphatic heterocycles. The van der Waals surface area contributed by atoms with Gasteiger partial charge in [-0.25, -0.2) is 0 Å². The van der Waals surface area contributed by atoms with E-state index in [1.165, 1.54) is 25.0 Å². The van der Waals surface area contributed by atoms with Crippen molar-refractivity contribution < 1.29 is 14.3 Å². The van der Waals surface area contributed by atoms with Gasteiger partial charge in [0.15, 0.2) is 0 Å². The van der Waals surface area contributed by atoms with Crippen LogP contribution >= 0.6 is 23.2 Å². The second kappa shape index (κ2) is 7.06. The van der Waals surface area contributed by atoms with E-state index < -0.39 is 32.8 Å². The van der Waals surface area contributed by atoms with Crippen LogP contribution in [0.1, 0.15) is 12.8 Å². The zero-order valence-corrected chi connectivity index (χ0v) is 11.2. The first-order valence-electron chi connectivity index (χ1n) is 5.31. The van der Waals surface area contributed by atoms with Crippen LogP contribution in [0.15, 0.2) is 21.2 Å². The predicted molar refractivity (Wildman–Crippen MR) is 67.1 cm³/mol. The number of halogens is 2. The minimum atomic E-state index is -0.893. The number of hydrogen-bond donors (Lipinski definition) is 0. The molecule has 98 valence electrons. The molecule has 2 aliphatic rings. The Balaban J connectivity index is 0.000000300. The Hall–Kier alpha value is -1.66. The molecule has 1 heterocycles. The summed E-state index contributed by atoms with van der Waals surface area (Å²) in [6, 6.07) is 2.89. The Kier molecular flexibility index (Phi) is 5.72. The van der Waals surface area contributed by atoms with Crippen molar-refractivity contribution in [3.63, 3.8) is 0 Å². The van der Waals surface area contributed by atoms with Gasteiger partial charge in [0.1, 0.15) is 33.3 Å². The summed E-state index contributed by atoms with van der Waals surface area (Å²) in [5.74, 6) is -1.79. The highest BCUT2D eigenvalue weighted by atomic mass is 35.5. The van der Waals surface area contributed by atoms with Crippen molar-refractivity contribution in [2.45, 2.75) is 12.8 Å². The largest absolute Gasteiger partial charge is 0.381 e. The van der Waals surface area contributed by atoms with Gasteiger partial charge in [-0.1, -0.05) is 23.2 Å². The van der Waals surface area contributed by atoms with Crippen LogP contribution in [-0.2, 0) is 14.3 Å². The monoisotopic (exact) mass is 298 g/mol. The highest BCUT2D eigenvalue weighted by Gasteiger charge is 2.33. The molecule has 0 amide bonds. The third-order valence-electron chi connectivity index (χ3n) is 2.35. The quantitative estimate of drug-likeness (QED) is 0.638. The average Bonchev–Trinajstić information content (AvgIpc) is 2.99. The van der Waals surface area contributed by atoms with Gasteiger partial charge >= 0.3 is 0 Å². The number of nitrogens with zero attached hydrogens (tertiary/aromatic N) is 2. The molecule has 0 unspecified atom stereocenters. The van der Waals surface area contributed by atoms with Crippen LogP contribution in [0.5, 0.6) is 0 Å². The normalized spacial score (nSPS) is 18.7. The molecular weight excluding hydrogens is 291 g/mol. The topological polar surface area (TPSA) is 90.9 Å². The third kappa shape index (κ3) is 3.42. The van der Waals surface area contributed by atoms with Gasteiger partial charge in [-0.2, -0.15) is 10.5 Å². The summed E-state index contributed by atoms with van der Waals surface area (Å²) in [6.45, 7) is 2.00. The molecule has 0 aromatic heterocycles. The molecule has 1 aliphatic carbocycles. The summed E-state index contributed by atoms with van der Waals surface area (Å²) in [5.41, 5.74) is -1.13. The lowest BCUT2D eigenvalue weighted by molar-refractivity contribution is -0.115. The van der Waals surface area contributed by atoms with E-state index >= 15 is 0 Å². The van der Waals surface area contributed by atoms with Gasteiger partial charge < -0.3 is 4.74 Å². The van der Waals surface area contributed by atoms with E-state index in [1.54, 1.807) is 0 Å². The molecule has 1 saturated heterocycles. The Morgan fingerprint density at radius 2 is 1.26 bits per heavy atom. The van der Waals surface area contributed by atoms with Crippen molar-refractivity contribution in [3.05, 3.63) is 21.2 Å². The van der Waals surface area contributed by atoms with E-state index in [1.807, 2.05) is 0 Å². The Labute approximate surface area is 119 Å². The van der Waals surface area contributed by atoms with Crippen LogP contribution in [0.2, 0.25) is 0 Å². The molecule has 0 atom stereocenters. The fourth-order valence-corrected chi connectivity index (χ4v) is 1.73. The maximum atomic E-state index is 11.2. The molecule has 0 aromatic carbocycles. The number of nitriles is 2. The van der Waals surface area contributed by atoms with Crippen LogP contribution in [0.3, 0.4) is 0 Å². The van der Waals surface area contributed by atoms with Crippen molar-refractivity contribution >= 4 is 34.8 Å². The van der Waals surface area contributed by atoms with E-state index in [-0.39, 0.29) is 0 Å². The van der Waals surface area contributed by atoms with Crippen molar-refractivity contribution in [2.24, 2.45) is 0 Å². The van der Waals surface area contributed by atoms with Crippen molar-refractivity contribution in [3.8, 4) is 12.1 Å². The Morgan fingerprint density at radius 1 is 0.895 bits per heavy atom.